The molecule has 4 aromatic rings. The summed E-state index contributed by atoms with van der Waals surface area (Å²) in [6, 6.07) is 8.41. The molecule has 0 saturated heterocycles. The first-order valence-electron chi connectivity index (χ1n) is 11.8. The normalized spacial score (nSPS) is 18.8. The van der Waals surface area contributed by atoms with Crippen LogP contribution >= 0.6 is 0 Å². The van der Waals surface area contributed by atoms with Gasteiger partial charge in [-0.2, -0.15) is 0 Å². The van der Waals surface area contributed by atoms with Gasteiger partial charge < -0.3 is 15.4 Å². The third-order valence-corrected chi connectivity index (χ3v) is 8.88. The van der Waals surface area contributed by atoms with Gasteiger partial charge in [-0.25, -0.2) is 31.1 Å². The van der Waals surface area contributed by atoms with Gasteiger partial charge >= 0.3 is 0 Å². The van der Waals surface area contributed by atoms with Gasteiger partial charge in [0.05, 0.1) is 40.1 Å². The van der Waals surface area contributed by atoms with Gasteiger partial charge in [0.2, 0.25) is 16.0 Å². The summed E-state index contributed by atoms with van der Waals surface area (Å²) >= 11 is 0. The number of aliphatic hydroxyl groups excluding tert-OH is 1. The zero-order valence-electron chi connectivity index (χ0n) is 19.9. The van der Waals surface area contributed by atoms with Crippen LogP contribution < -0.4 is 5.73 Å². The summed E-state index contributed by atoms with van der Waals surface area (Å²) in [5.41, 5.74) is 8.31. The fourth-order valence-corrected chi connectivity index (χ4v) is 5.98. The third-order valence-electron chi connectivity index (χ3n) is 6.80. The Kier molecular flexibility index (Phi) is 6.08. The van der Waals surface area contributed by atoms with Gasteiger partial charge in [0, 0.05) is 23.2 Å². The zero-order chi connectivity index (χ0) is 25.8. The fraction of sp³-hybridized carbons (Fsp3) is 0.360. The van der Waals surface area contributed by atoms with Crippen LogP contribution in [0.25, 0.3) is 33.5 Å². The van der Waals surface area contributed by atoms with Crippen molar-refractivity contribution < 1.29 is 22.3 Å². The smallest absolute Gasteiger partial charge is 0.244 e. The fourth-order valence-electron chi connectivity index (χ4n) is 4.84. The Labute approximate surface area is 207 Å². The number of aromatic nitrogens is 4. The molecule has 0 radical (unpaired) electrons. The Morgan fingerprint density at radius 1 is 1.08 bits per heavy atom. The van der Waals surface area contributed by atoms with Crippen LogP contribution in [0.2, 0.25) is 0 Å². The predicted octanol–water partition coefficient (Wildman–Crippen LogP) is 4.49. The molecule has 0 bridgehead atoms. The van der Waals surface area contributed by atoms with Crippen LogP contribution in [-0.4, -0.2) is 43.4 Å². The highest BCUT2D eigenvalue weighted by atomic mass is 32.2. The molecule has 1 aliphatic rings. The van der Waals surface area contributed by atoms with E-state index in [4.69, 9.17) is 5.73 Å². The molecule has 2 aromatic carbocycles. The van der Waals surface area contributed by atoms with E-state index < -0.39 is 26.9 Å². The molecule has 1 saturated carbocycles. The number of imidazole rings is 2. The maximum Gasteiger partial charge on any atom is 0.244 e. The largest absolute Gasteiger partial charge is 0.393 e. The molecule has 8 nitrogen and oxygen atoms in total. The Hall–Kier alpha value is -3.31. The highest BCUT2D eigenvalue weighted by molar-refractivity contribution is 7.90. The Bertz CT molecular complexity index is 1550. The lowest BCUT2D eigenvalue weighted by atomic mass is 9.92. The van der Waals surface area contributed by atoms with Gasteiger partial charge in [0.25, 0.3) is 0 Å². The quantitative estimate of drug-likeness (QED) is 0.405. The van der Waals surface area contributed by atoms with E-state index in [2.05, 4.69) is 9.97 Å². The van der Waals surface area contributed by atoms with Crippen LogP contribution in [0.4, 0.5) is 14.7 Å². The second-order valence-corrected chi connectivity index (χ2v) is 11.8. The lowest BCUT2D eigenvalue weighted by molar-refractivity contribution is 0.111. The molecule has 0 unspecified atom stereocenters. The molecule has 1 fully saturated rings. The number of hydrogen-bond donors (Lipinski definition) is 2. The molecule has 0 spiro atoms. The Morgan fingerprint density at radius 3 is 2.47 bits per heavy atom. The van der Waals surface area contributed by atoms with E-state index in [0.717, 1.165) is 10.0 Å². The monoisotopic (exact) mass is 515 g/mol. The minimum Gasteiger partial charge on any atom is -0.393 e. The number of nitrogens with two attached hydrogens (primary N) is 1. The van der Waals surface area contributed by atoms with Crippen LogP contribution in [0.5, 0.6) is 0 Å². The summed E-state index contributed by atoms with van der Waals surface area (Å²) < 4.78 is 57.6. The maximum atomic E-state index is 14.9. The van der Waals surface area contributed by atoms with Crippen molar-refractivity contribution in [2.75, 3.05) is 5.73 Å². The van der Waals surface area contributed by atoms with E-state index in [0.29, 0.717) is 53.7 Å². The molecule has 11 heteroatoms. The first-order chi connectivity index (χ1) is 17.1. The summed E-state index contributed by atoms with van der Waals surface area (Å²) in [5, 5.41) is 9.26. The van der Waals surface area contributed by atoms with Crippen molar-refractivity contribution in [2.24, 2.45) is 0 Å². The SMILES string of the molecule is CC(C)S(=O)(=O)n1c(N)nc2ccc(-c3c(-c4ccc(F)cc4F)ncn3[C@H]3CC[C@H](O)CC3)cc21. The van der Waals surface area contributed by atoms with Gasteiger partial charge in [-0.05, 0) is 63.8 Å². The number of aliphatic hydroxyl groups is 1. The van der Waals surface area contributed by atoms with Crippen molar-refractivity contribution in [1.29, 1.82) is 0 Å². The van der Waals surface area contributed by atoms with Gasteiger partial charge in [0.15, 0.2) is 0 Å². The van der Waals surface area contributed by atoms with Crippen LogP contribution in [-0.2, 0) is 10.0 Å². The van der Waals surface area contributed by atoms with Crippen molar-refractivity contribution in [3.8, 4) is 22.5 Å². The molecule has 0 atom stereocenters. The molecule has 0 amide bonds. The summed E-state index contributed by atoms with van der Waals surface area (Å²) in [6.07, 6.45) is 3.90. The predicted molar refractivity (Wildman–Crippen MR) is 134 cm³/mol. The first-order valence-corrected chi connectivity index (χ1v) is 13.3. The average Bonchev–Trinajstić information content (AvgIpc) is 3.39. The molecular weight excluding hydrogens is 488 g/mol. The van der Waals surface area contributed by atoms with Crippen LogP contribution in [0.15, 0.2) is 42.7 Å². The van der Waals surface area contributed by atoms with E-state index >= 15 is 0 Å². The topological polar surface area (TPSA) is 116 Å². The molecule has 2 aromatic heterocycles. The molecule has 190 valence electrons. The van der Waals surface area contributed by atoms with Crippen molar-refractivity contribution in [2.45, 2.75) is 56.9 Å². The number of nitrogens with zero attached hydrogens (tertiary/aromatic N) is 4. The molecule has 5 rings (SSSR count). The molecular formula is C25H27F2N5O3S. The van der Waals surface area contributed by atoms with Crippen molar-refractivity contribution in [3.05, 3.63) is 54.4 Å². The number of rotatable bonds is 5. The standard InChI is InChI=1S/C25H27F2N5O3S/c1-14(2)36(34,35)32-22-11-15(3-10-21(22)30-25(32)28)24-23(19-9-4-16(26)12-20(19)27)29-13-31(24)17-5-7-18(33)8-6-17/h3-4,9-14,17-18,33H,5-8H2,1-2H3,(H2,28,30)/t17-,18-. The van der Waals surface area contributed by atoms with Gasteiger partial charge in [-0.1, -0.05) is 6.07 Å². The Balaban J connectivity index is 1.75. The highest BCUT2D eigenvalue weighted by Gasteiger charge is 2.28. The summed E-state index contributed by atoms with van der Waals surface area (Å²) in [5.74, 6) is -1.59. The average molecular weight is 516 g/mol. The van der Waals surface area contributed by atoms with Crippen molar-refractivity contribution in [3.63, 3.8) is 0 Å². The van der Waals surface area contributed by atoms with Gasteiger partial charge in [-0.15, -0.1) is 0 Å². The molecule has 0 aliphatic heterocycles. The lowest BCUT2D eigenvalue weighted by Crippen LogP contribution is -2.23. The minimum absolute atomic E-state index is 0.00164. The second-order valence-electron chi connectivity index (χ2n) is 9.47. The lowest BCUT2D eigenvalue weighted by Gasteiger charge is -2.28. The number of benzene rings is 2. The number of fused-ring (bicyclic) bond motifs is 1. The van der Waals surface area contributed by atoms with E-state index in [1.165, 1.54) is 12.1 Å². The first kappa shape index (κ1) is 24.4. The van der Waals surface area contributed by atoms with Gasteiger partial charge in [-0.3, -0.25) is 0 Å². The summed E-state index contributed by atoms with van der Waals surface area (Å²) in [7, 11) is -3.81. The number of hydrogen-bond acceptors (Lipinski definition) is 6. The van der Waals surface area contributed by atoms with Gasteiger partial charge in [0.1, 0.15) is 11.6 Å². The molecule has 1 aliphatic carbocycles. The minimum atomic E-state index is -3.81. The highest BCUT2D eigenvalue weighted by Crippen LogP contribution is 2.39. The van der Waals surface area contributed by atoms with E-state index in [1.54, 1.807) is 38.4 Å². The summed E-state index contributed by atoms with van der Waals surface area (Å²) in [4.78, 5) is 8.72. The number of anilines is 1. The molecule has 3 N–H and O–H groups in total. The van der Waals surface area contributed by atoms with E-state index in [9.17, 15) is 22.3 Å². The van der Waals surface area contributed by atoms with E-state index in [1.807, 2.05) is 4.57 Å². The summed E-state index contributed by atoms with van der Waals surface area (Å²) in [6.45, 7) is 3.12. The van der Waals surface area contributed by atoms with E-state index in [-0.39, 0.29) is 23.7 Å². The maximum absolute atomic E-state index is 14.9. The Morgan fingerprint density at radius 2 is 1.81 bits per heavy atom. The third kappa shape index (κ3) is 4.05. The molecule has 2 heterocycles. The van der Waals surface area contributed by atoms with Crippen LogP contribution in [0.1, 0.15) is 45.6 Å². The van der Waals surface area contributed by atoms with Crippen molar-refractivity contribution >= 4 is 27.0 Å². The second kappa shape index (κ2) is 8.97. The van der Waals surface area contributed by atoms with Crippen molar-refractivity contribution in [1.82, 2.24) is 18.5 Å². The zero-order valence-corrected chi connectivity index (χ0v) is 20.7. The van der Waals surface area contributed by atoms with Crippen LogP contribution in [0, 0.1) is 11.6 Å². The molecule has 36 heavy (non-hydrogen) atoms. The number of nitrogen functional groups attached to an aromatic ring is 1. The van der Waals surface area contributed by atoms with Crippen LogP contribution in [0.3, 0.4) is 0 Å². The number of halogens is 2.